The highest BCUT2D eigenvalue weighted by Gasteiger charge is 2.06. The molecule has 3 rings (SSSR count). The number of imidazole rings is 1. The van der Waals surface area contributed by atoms with Gasteiger partial charge in [0.05, 0.1) is 0 Å². The number of benzene rings is 2. The van der Waals surface area contributed by atoms with Crippen LogP contribution in [0.15, 0.2) is 60.9 Å². The van der Waals surface area contributed by atoms with E-state index in [1.165, 1.54) is 5.56 Å². The fraction of sp³-hybridized carbons (Fsp3) is 0.0625. The average molecular weight is 233 g/mol. The molecule has 0 unspecified atom stereocenters. The molecule has 0 aliphatic rings. The van der Waals surface area contributed by atoms with Gasteiger partial charge in [0.2, 0.25) is 0 Å². The van der Waals surface area contributed by atoms with Gasteiger partial charge in [-0.1, -0.05) is 42.0 Å². The summed E-state index contributed by atoms with van der Waals surface area (Å²) in [5.74, 6) is 0.959. The Morgan fingerprint density at radius 2 is 1.72 bits per heavy atom. The lowest BCUT2D eigenvalue weighted by Crippen LogP contribution is -1.95. The maximum atomic E-state index is 4.45. The molecule has 1 radical (unpaired) electrons. The summed E-state index contributed by atoms with van der Waals surface area (Å²) in [4.78, 5) is 4.45. The second-order valence-electron chi connectivity index (χ2n) is 4.25. The van der Waals surface area contributed by atoms with Crippen LogP contribution in [0.4, 0.5) is 0 Å². The summed E-state index contributed by atoms with van der Waals surface area (Å²) in [6, 6.07) is 19.3. The standard InChI is InChI=1S/C16H13N2/c1-13-7-9-14(10-8-13)16-17-11-12-18(16)15-5-3-2-4-6-15/h3-12H,1H3. The van der Waals surface area contributed by atoms with Crippen molar-refractivity contribution in [3.05, 3.63) is 72.6 Å². The van der Waals surface area contributed by atoms with E-state index in [4.69, 9.17) is 0 Å². The van der Waals surface area contributed by atoms with Gasteiger partial charge in [-0.15, -0.1) is 0 Å². The molecule has 2 nitrogen and oxygen atoms in total. The predicted molar refractivity (Wildman–Crippen MR) is 72.6 cm³/mol. The zero-order valence-electron chi connectivity index (χ0n) is 10.2. The molecule has 3 aromatic rings. The molecule has 0 bridgehead atoms. The van der Waals surface area contributed by atoms with E-state index in [0.29, 0.717) is 0 Å². The molecule has 2 heteroatoms. The van der Waals surface area contributed by atoms with E-state index in [1.807, 2.05) is 36.7 Å². The highest BCUT2D eigenvalue weighted by Crippen LogP contribution is 2.21. The van der Waals surface area contributed by atoms with Crippen LogP contribution in [-0.2, 0) is 0 Å². The molecule has 1 heterocycles. The number of hydrogen-bond donors (Lipinski definition) is 0. The van der Waals surface area contributed by atoms with Crippen LogP contribution in [0.1, 0.15) is 5.56 Å². The summed E-state index contributed by atoms with van der Waals surface area (Å²) in [6.45, 7) is 2.09. The molecule has 0 fully saturated rings. The van der Waals surface area contributed by atoms with Gasteiger partial charge in [-0.05, 0) is 25.1 Å². The van der Waals surface area contributed by atoms with Gasteiger partial charge >= 0.3 is 0 Å². The van der Waals surface area contributed by atoms with E-state index >= 15 is 0 Å². The fourth-order valence-corrected chi connectivity index (χ4v) is 1.97. The van der Waals surface area contributed by atoms with Crippen LogP contribution < -0.4 is 0 Å². The van der Waals surface area contributed by atoms with E-state index in [2.05, 4.69) is 46.8 Å². The minimum Gasteiger partial charge on any atom is -0.300 e. The Kier molecular flexibility index (Phi) is 2.69. The van der Waals surface area contributed by atoms with Crippen LogP contribution in [-0.4, -0.2) is 9.55 Å². The molecule has 0 saturated heterocycles. The minimum atomic E-state index is 0.959. The third-order valence-corrected chi connectivity index (χ3v) is 2.93. The molecule has 2 aromatic carbocycles. The summed E-state index contributed by atoms with van der Waals surface area (Å²) in [6.07, 6.45) is 3.80. The molecule has 18 heavy (non-hydrogen) atoms. The van der Waals surface area contributed by atoms with E-state index in [-0.39, 0.29) is 0 Å². The zero-order chi connectivity index (χ0) is 12.4. The first-order valence-electron chi connectivity index (χ1n) is 5.91. The normalized spacial score (nSPS) is 10.5. The quantitative estimate of drug-likeness (QED) is 0.660. The van der Waals surface area contributed by atoms with Crippen molar-refractivity contribution in [1.29, 1.82) is 0 Å². The van der Waals surface area contributed by atoms with Gasteiger partial charge in [-0.25, -0.2) is 4.98 Å². The van der Waals surface area contributed by atoms with Crippen LogP contribution in [0.2, 0.25) is 0 Å². The average Bonchev–Trinajstić information content (AvgIpc) is 2.90. The van der Waals surface area contributed by atoms with Crippen LogP contribution in [0.3, 0.4) is 0 Å². The van der Waals surface area contributed by atoms with Crippen molar-refractivity contribution in [3.63, 3.8) is 0 Å². The van der Waals surface area contributed by atoms with Gasteiger partial charge in [-0.2, -0.15) is 0 Å². The van der Waals surface area contributed by atoms with Crippen molar-refractivity contribution >= 4 is 0 Å². The smallest absolute Gasteiger partial charge is 0.144 e. The molecule has 0 atom stereocenters. The lowest BCUT2D eigenvalue weighted by Gasteiger charge is -2.07. The van der Waals surface area contributed by atoms with Gasteiger partial charge in [0, 0.05) is 23.6 Å². The molecule has 0 amide bonds. The van der Waals surface area contributed by atoms with Gasteiger partial charge in [-0.3, -0.25) is 4.57 Å². The lowest BCUT2D eigenvalue weighted by molar-refractivity contribution is 1.07. The molecule has 0 spiro atoms. The van der Waals surface area contributed by atoms with Crippen LogP contribution in [0, 0.1) is 13.0 Å². The Balaban J connectivity index is 2.10. The molecule has 0 saturated carbocycles. The fourth-order valence-electron chi connectivity index (χ4n) is 1.97. The molecule has 87 valence electrons. The SMILES string of the molecule is Cc1ccc(-c2nccn2-c2cc[c]cc2)cc1. The van der Waals surface area contributed by atoms with Gasteiger partial charge < -0.3 is 0 Å². The van der Waals surface area contributed by atoms with Gasteiger partial charge in [0.1, 0.15) is 5.82 Å². The van der Waals surface area contributed by atoms with E-state index in [1.54, 1.807) is 0 Å². The number of rotatable bonds is 2. The molecule has 1 aromatic heterocycles. The highest BCUT2D eigenvalue weighted by molar-refractivity contribution is 5.59. The zero-order valence-corrected chi connectivity index (χ0v) is 10.2. The Bertz CT molecular complexity index is 636. The van der Waals surface area contributed by atoms with Crippen molar-refractivity contribution in [1.82, 2.24) is 9.55 Å². The second-order valence-corrected chi connectivity index (χ2v) is 4.25. The van der Waals surface area contributed by atoms with Crippen molar-refractivity contribution in [2.45, 2.75) is 6.92 Å². The molecule has 0 N–H and O–H groups in total. The number of aryl methyl sites for hydroxylation is 1. The Morgan fingerprint density at radius 3 is 2.44 bits per heavy atom. The third kappa shape index (κ3) is 1.93. The monoisotopic (exact) mass is 233 g/mol. The lowest BCUT2D eigenvalue weighted by atomic mass is 10.1. The van der Waals surface area contributed by atoms with Crippen molar-refractivity contribution in [2.24, 2.45) is 0 Å². The Labute approximate surface area is 107 Å². The number of aromatic nitrogens is 2. The summed E-state index contributed by atoms with van der Waals surface area (Å²) < 4.78 is 2.08. The largest absolute Gasteiger partial charge is 0.300 e. The minimum absolute atomic E-state index is 0.959. The van der Waals surface area contributed by atoms with E-state index in [9.17, 15) is 0 Å². The summed E-state index contributed by atoms with van der Waals surface area (Å²) >= 11 is 0. The van der Waals surface area contributed by atoms with Crippen molar-refractivity contribution in [3.8, 4) is 17.1 Å². The van der Waals surface area contributed by atoms with Crippen LogP contribution in [0.5, 0.6) is 0 Å². The second kappa shape index (κ2) is 4.49. The number of hydrogen-bond acceptors (Lipinski definition) is 1. The third-order valence-electron chi connectivity index (χ3n) is 2.93. The van der Waals surface area contributed by atoms with E-state index < -0.39 is 0 Å². The Hall–Kier alpha value is -2.35. The maximum Gasteiger partial charge on any atom is 0.144 e. The Morgan fingerprint density at radius 1 is 1.00 bits per heavy atom. The maximum absolute atomic E-state index is 4.45. The van der Waals surface area contributed by atoms with Gasteiger partial charge in [0.15, 0.2) is 0 Å². The first-order valence-corrected chi connectivity index (χ1v) is 5.91. The molecule has 0 aliphatic heterocycles. The molecular formula is C16H13N2. The number of nitrogens with zero attached hydrogens (tertiary/aromatic N) is 2. The first kappa shape index (κ1) is 10.8. The molecule has 0 aliphatic carbocycles. The van der Waals surface area contributed by atoms with Crippen LogP contribution in [0.25, 0.3) is 17.1 Å². The van der Waals surface area contributed by atoms with Gasteiger partial charge in [0.25, 0.3) is 0 Å². The summed E-state index contributed by atoms with van der Waals surface area (Å²) in [5, 5.41) is 0. The predicted octanol–water partition coefficient (Wildman–Crippen LogP) is 3.65. The topological polar surface area (TPSA) is 17.8 Å². The summed E-state index contributed by atoms with van der Waals surface area (Å²) in [5.41, 5.74) is 3.48. The van der Waals surface area contributed by atoms with E-state index in [0.717, 1.165) is 17.1 Å². The highest BCUT2D eigenvalue weighted by atomic mass is 15.1. The summed E-state index contributed by atoms with van der Waals surface area (Å²) in [7, 11) is 0. The van der Waals surface area contributed by atoms with Crippen molar-refractivity contribution in [2.75, 3.05) is 0 Å². The van der Waals surface area contributed by atoms with Crippen molar-refractivity contribution < 1.29 is 0 Å². The molecular weight excluding hydrogens is 220 g/mol. The van der Waals surface area contributed by atoms with Crippen LogP contribution >= 0.6 is 0 Å². The first-order chi connectivity index (χ1) is 8.84.